The molecule has 2 heterocycles. The molecule has 0 aromatic carbocycles. The van der Waals surface area contributed by atoms with Crippen LogP contribution in [0.25, 0.3) is 0 Å². The Kier molecular flexibility index (Phi) is 3.58. The van der Waals surface area contributed by atoms with Gasteiger partial charge in [0.1, 0.15) is 12.2 Å². The van der Waals surface area contributed by atoms with Crippen molar-refractivity contribution in [3.63, 3.8) is 0 Å². The van der Waals surface area contributed by atoms with Crippen LogP contribution in [0.15, 0.2) is 6.33 Å². The predicted molar refractivity (Wildman–Crippen MR) is 79.3 cm³/mol. The van der Waals surface area contributed by atoms with Gasteiger partial charge in [-0.1, -0.05) is 19.3 Å². The first kappa shape index (κ1) is 14.0. The van der Waals surface area contributed by atoms with Crippen molar-refractivity contribution in [3.8, 4) is 0 Å². The minimum atomic E-state index is 0.182. The van der Waals surface area contributed by atoms with Crippen molar-refractivity contribution in [2.24, 2.45) is 7.05 Å². The SMILES string of the molecule is Cn1ncnc1CN1CC(C)(C)NCC12CCCCC2. The molecule has 1 N–H and O–H groups in total. The summed E-state index contributed by atoms with van der Waals surface area (Å²) in [5, 5.41) is 7.97. The summed E-state index contributed by atoms with van der Waals surface area (Å²) in [7, 11) is 1.99. The van der Waals surface area contributed by atoms with Crippen LogP contribution in [0.3, 0.4) is 0 Å². The Hall–Kier alpha value is -0.940. The summed E-state index contributed by atoms with van der Waals surface area (Å²) in [6, 6.07) is 0. The Labute approximate surface area is 121 Å². The second kappa shape index (κ2) is 5.11. The van der Waals surface area contributed by atoms with Gasteiger partial charge < -0.3 is 5.32 Å². The smallest absolute Gasteiger partial charge is 0.140 e. The Morgan fingerprint density at radius 3 is 2.65 bits per heavy atom. The summed E-state index contributed by atoms with van der Waals surface area (Å²) >= 11 is 0. The normalized spacial score (nSPS) is 25.9. The van der Waals surface area contributed by atoms with E-state index in [4.69, 9.17) is 0 Å². The molecule has 0 radical (unpaired) electrons. The van der Waals surface area contributed by atoms with E-state index in [-0.39, 0.29) is 5.54 Å². The Morgan fingerprint density at radius 1 is 1.25 bits per heavy atom. The highest BCUT2D eigenvalue weighted by molar-refractivity contribution is 5.04. The van der Waals surface area contributed by atoms with E-state index in [9.17, 15) is 0 Å². The molecule has 0 bridgehead atoms. The Bertz CT molecular complexity index is 459. The molecule has 1 saturated carbocycles. The number of nitrogens with zero attached hydrogens (tertiary/aromatic N) is 4. The third-order valence-electron chi connectivity index (χ3n) is 5.07. The summed E-state index contributed by atoms with van der Waals surface area (Å²) in [5.74, 6) is 1.08. The first-order valence-electron chi connectivity index (χ1n) is 7.84. The molecule has 1 aliphatic carbocycles. The minimum absolute atomic E-state index is 0.182. The monoisotopic (exact) mass is 277 g/mol. The molecule has 0 amide bonds. The van der Waals surface area contributed by atoms with Gasteiger partial charge >= 0.3 is 0 Å². The quantitative estimate of drug-likeness (QED) is 0.894. The number of hydrogen-bond donors (Lipinski definition) is 1. The molecule has 2 fully saturated rings. The molecule has 0 unspecified atom stereocenters. The number of hydrogen-bond acceptors (Lipinski definition) is 4. The zero-order chi connectivity index (χ0) is 14.2. The number of aryl methyl sites for hydroxylation is 1. The summed E-state index contributed by atoms with van der Waals surface area (Å²) < 4.78 is 1.91. The third kappa shape index (κ3) is 2.61. The van der Waals surface area contributed by atoms with Crippen LogP contribution in [0.2, 0.25) is 0 Å². The van der Waals surface area contributed by atoms with E-state index in [2.05, 4.69) is 34.1 Å². The van der Waals surface area contributed by atoms with Gasteiger partial charge in [-0.15, -0.1) is 0 Å². The van der Waals surface area contributed by atoms with Crippen LogP contribution in [0, 0.1) is 0 Å². The summed E-state index contributed by atoms with van der Waals surface area (Å²) in [6.07, 6.45) is 8.40. The maximum atomic E-state index is 4.43. The zero-order valence-electron chi connectivity index (χ0n) is 13.0. The molecule has 0 atom stereocenters. The van der Waals surface area contributed by atoms with E-state index in [1.54, 1.807) is 6.33 Å². The highest BCUT2D eigenvalue weighted by Gasteiger charge is 2.44. The lowest BCUT2D eigenvalue weighted by Gasteiger charge is -2.54. The van der Waals surface area contributed by atoms with Crippen molar-refractivity contribution in [1.29, 1.82) is 0 Å². The van der Waals surface area contributed by atoms with E-state index >= 15 is 0 Å². The maximum absolute atomic E-state index is 4.43. The molecular formula is C15H27N5. The molecule has 1 aromatic rings. The highest BCUT2D eigenvalue weighted by Crippen LogP contribution is 2.37. The minimum Gasteiger partial charge on any atom is -0.309 e. The molecular weight excluding hydrogens is 250 g/mol. The number of aromatic nitrogens is 3. The van der Waals surface area contributed by atoms with Gasteiger partial charge in [-0.25, -0.2) is 4.98 Å². The lowest BCUT2D eigenvalue weighted by Crippen LogP contribution is -2.68. The van der Waals surface area contributed by atoms with Gasteiger partial charge in [-0.05, 0) is 26.7 Å². The van der Waals surface area contributed by atoms with E-state index < -0.39 is 0 Å². The second-order valence-corrected chi connectivity index (χ2v) is 7.18. The summed E-state index contributed by atoms with van der Waals surface area (Å²) in [5.41, 5.74) is 0.515. The van der Waals surface area contributed by atoms with Gasteiger partial charge in [0.25, 0.3) is 0 Å². The van der Waals surface area contributed by atoms with Crippen LogP contribution in [-0.4, -0.2) is 43.8 Å². The van der Waals surface area contributed by atoms with E-state index in [0.717, 1.165) is 25.5 Å². The molecule has 1 aliphatic heterocycles. The fourth-order valence-electron chi connectivity index (χ4n) is 3.78. The number of nitrogens with one attached hydrogen (secondary N) is 1. The van der Waals surface area contributed by atoms with E-state index in [1.807, 2.05) is 11.7 Å². The molecule has 112 valence electrons. The average molecular weight is 277 g/mol. The molecule has 1 spiro atoms. The van der Waals surface area contributed by atoms with Crippen LogP contribution < -0.4 is 5.32 Å². The zero-order valence-corrected chi connectivity index (χ0v) is 13.0. The fourth-order valence-corrected chi connectivity index (χ4v) is 3.78. The topological polar surface area (TPSA) is 46.0 Å². The van der Waals surface area contributed by atoms with Crippen molar-refractivity contribution in [3.05, 3.63) is 12.2 Å². The van der Waals surface area contributed by atoms with Gasteiger partial charge in [-0.3, -0.25) is 9.58 Å². The molecule has 20 heavy (non-hydrogen) atoms. The Balaban J connectivity index is 1.83. The third-order valence-corrected chi connectivity index (χ3v) is 5.07. The summed E-state index contributed by atoms with van der Waals surface area (Å²) in [6.45, 7) is 7.71. The van der Waals surface area contributed by atoms with Crippen molar-refractivity contribution in [2.75, 3.05) is 13.1 Å². The van der Waals surface area contributed by atoms with Crippen molar-refractivity contribution < 1.29 is 0 Å². The first-order chi connectivity index (χ1) is 9.51. The number of piperazine rings is 1. The fraction of sp³-hybridized carbons (Fsp3) is 0.867. The number of rotatable bonds is 2. The van der Waals surface area contributed by atoms with Gasteiger partial charge in [0.2, 0.25) is 0 Å². The van der Waals surface area contributed by atoms with Crippen molar-refractivity contribution in [1.82, 2.24) is 25.0 Å². The van der Waals surface area contributed by atoms with Crippen LogP contribution >= 0.6 is 0 Å². The second-order valence-electron chi connectivity index (χ2n) is 7.18. The summed E-state index contributed by atoms with van der Waals surface area (Å²) in [4.78, 5) is 7.10. The van der Waals surface area contributed by atoms with E-state index in [0.29, 0.717) is 5.54 Å². The van der Waals surface area contributed by atoms with Crippen LogP contribution in [0.5, 0.6) is 0 Å². The van der Waals surface area contributed by atoms with Crippen LogP contribution in [0.4, 0.5) is 0 Å². The molecule has 1 saturated heterocycles. The van der Waals surface area contributed by atoms with Crippen LogP contribution in [0.1, 0.15) is 51.8 Å². The molecule has 2 aliphatic rings. The molecule has 3 rings (SSSR count). The molecule has 5 nitrogen and oxygen atoms in total. The van der Waals surface area contributed by atoms with Crippen LogP contribution in [-0.2, 0) is 13.6 Å². The maximum Gasteiger partial charge on any atom is 0.140 e. The average Bonchev–Trinajstić information content (AvgIpc) is 2.81. The lowest BCUT2D eigenvalue weighted by molar-refractivity contribution is -0.0183. The lowest BCUT2D eigenvalue weighted by atomic mass is 9.77. The largest absolute Gasteiger partial charge is 0.309 e. The van der Waals surface area contributed by atoms with Gasteiger partial charge in [0.05, 0.1) is 6.54 Å². The first-order valence-corrected chi connectivity index (χ1v) is 7.84. The highest BCUT2D eigenvalue weighted by atomic mass is 15.4. The standard InChI is InChI=1S/C15H27N5/c1-14(2)11-20(9-13-16-12-18-19(13)3)15(10-17-14)7-5-4-6-8-15/h12,17H,4-11H2,1-3H3. The van der Waals surface area contributed by atoms with Gasteiger partial charge in [-0.2, -0.15) is 5.10 Å². The van der Waals surface area contributed by atoms with E-state index in [1.165, 1.54) is 32.1 Å². The van der Waals surface area contributed by atoms with Crippen molar-refractivity contribution >= 4 is 0 Å². The van der Waals surface area contributed by atoms with Gasteiger partial charge in [0, 0.05) is 31.2 Å². The molecule has 5 heteroatoms. The predicted octanol–water partition coefficient (Wildman–Crippen LogP) is 1.70. The molecule has 1 aromatic heterocycles. The van der Waals surface area contributed by atoms with Gasteiger partial charge in [0.15, 0.2) is 0 Å². The van der Waals surface area contributed by atoms with Crippen molar-refractivity contribution in [2.45, 2.75) is 63.6 Å². The Morgan fingerprint density at radius 2 is 2.00 bits per heavy atom.